The van der Waals surface area contributed by atoms with Crippen LogP contribution >= 0.6 is 15.9 Å². The van der Waals surface area contributed by atoms with E-state index in [4.69, 9.17) is 0 Å². The number of hydrogen-bond donors (Lipinski definition) is 1. The molecule has 0 rings (SSSR count). The van der Waals surface area contributed by atoms with Gasteiger partial charge < -0.3 is 0 Å². The molecular formula is C10H22BrNO4S2. The summed E-state index contributed by atoms with van der Waals surface area (Å²) >= 11 is 3.29. The molecule has 110 valence electrons. The van der Waals surface area contributed by atoms with E-state index in [-0.39, 0.29) is 23.0 Å². The average Bonchev–Trinajstić information content (AvgIpc) is 2.12. The van der Waals surface area contributed by atoms with Crippen molar-refractivity contribution < 1.29 is 16.8 Å². The molecule has 0 aromatic heterocycles. The number of rotatable bonds is 7. The fourth-order valence-corrected chi connectivity index (χ4v) is 4.88. The zero-order chi connectivity index (χ0) is 14.6. The van der Waals surface area contributed by atoms with Crippen LogP contribution in [0.5, 0.6) is 0 Å². The lowest BCUT2D eigenvalue weighted by Gasteiger charge is -2.30. The van der Waals surface area contributed by atoms with Crippen molar-refractivity contribution in [2.75, 3.05) is 23.1 Å². The first kappa shape index (κ1) is 18.3. The van der Waals surface area contributed by atoms with Gasteiger partial charge in [-0.05, 0) is 11.8 Å². The average molecular weight is 364 g/mol. The van der Waals surface area contributed by atoms with E-state index in [2.05, 4.69) is 20.7 Å². The van der Waals surface area contributed by atoms with Gasteiger partial charge >= 0.3 is 0 Å². The molecule has 0 saturated heterocycles. The molecule has 1 unspecified atom stereocenters. The van der Waals surface area contributed by atoms with Gasteiger partial charge in [-0.1, -0.05) is 36.7 Å². The zero-order valence-corrected chi connectivity index (χ0v) is 14.5. The minimum absolute atomic E-state index is 0.216. The summed E-state index contributed by atoms with van der Waals surface area (Å²) in [5.74, 6) is -0.742. The first-order valence-corrected chi connectivity index (χ1v) is 10.4. The molecule has 0 heterocycles. The third kappa shape index (κ3) is 8.44. The molecule has 0 amide bonds. The van der Waals surface area contributed by atoms with Crippen molar-refractivity contribution >= 4 is 35.8 Å². The molecule has 0 aliphatic rings. The smallest absolute Gasteiger partial charge is 0.212 e. The van der Waals surface area contributed by atoms with E-state index < -0.39 is 19.9 Å². The van der Waals surface area contributed by atoms with E-state index in [9.17, 15) is 16.8 Å². The molecule has 0 saturated carbocycles. The van der Waals surface area contributed by atoms with Crippen molar-refractivity contribution in [2.24, 2.45) is 5.41 Å². The van der Waals surface area contributed by atoms with Crippen molar-refractivity contribution in [1.82, 2.24) is 4.72 Å². The summed E-state index contributed by atoms with van der Waals surface area (Å²) < 4.78 is 48.2. The second kappa shape index (κ2) is 6.67. The fraction of sp³-hybridized carbons (Fsp3) is 1.00. The topological polar surface area (TPSA) is 80.3 Å². The predicted octanol–water partition coefficient (Wildman–Crippen LogP) is 1.15. The van der Waals surface area contributed by atoms with Gasteiger partial charge in [0.25, 0.3) is 0 Å². The van der Waals surface area contributed by atoms with Gasteiger partial charge in [-0.3, -0.25) is 0 Å². The lowest BCUT2D eigenvalue weighted by Crippen LogP contribution is -2.45. The first-order chi connectivity index (χ1) is 7.87. The molecule has 5 nitrogen and oxygen atoms in total. The minimum Gasteiger partial charge on any atom is -0.229 e. The number of hydrogen-bond acceptors (Lipinski definition) is 4. The molecule has 0 aliphatic carbocycles. The zero-order valence-electron chi connectivity index (χ0n) is 11.2. The highest BCUT2D eigenvalue weighted by atomic mass is 79.9. The Morgan fingerprint density at radius 3 is 1.94 bits per heavy atom. The number of halogens is 1. The number of alkyl halides is 1. The first-order valence-electron chi connectivity index (χ1n) is 5.61. The Hall–Kier alpha value is 0.340. The summed E-state index contributed by atoms with van der Waals surface area (Å²) in [7, 11) is -6.84. The molecule has 1 N–H and O–H groups in total. The van der Waals surface area contributed by atoms with Crippen LogP contribution in [0.2, 0.25) is 0 Å². The quantitative estimate of drug-likeness (QED) is 0.688. The van der Waals surface area contributed by atoms with Gasteiger partial charge in [0.2, 0.25) is 10.0 Å². The van der Waals surface area contributed by atoms with Gasteiger partial charge in [0.05, 0.1) is 11.5 Å². The maximum absolute atomic E-state index is 11.8. The van der Waals surface area contributed by atoms with E-state index in [0.717, 1.165) is 6.26 Å². The second-order valence-corrected chi connectivity index (χ2v) is 10.4. The Kier molecular flexibility index (Phi) is 6.80. The summed E-state index contributed by atoms with van der Waals surface area (Å²) in [5.41, 5.74) is -0.216. The summed E-state index contributed by atoms with van der Waals surface area (Å²) in [5, 5.41) is 0.684. The van der Waals surface area contributed by atoms with E-state index in [1.54, 1.807) is 0 Å². The van der Waals surface area contributed by atoms with E-state index >= 15 is 0 Å². The Morgan fingerprint density at radius 1 is 1.11 bits per heavy atom. The Morgan fingerprint density at radius 2 is 1.61 bits per heavy atom. The van der Waals surface area contributed by atoms with Crippen LogP contribution < -0.4 is 4.72 Å². The maximum Gasteiger partial charge on any atom is 0.212 e. The highest BCUT2D eigenvalue weighted by Gasteiger charge is 2.28. The number of sulfone groups is 1. The van der Waals surface area contributed by atoms with Crippen LogP contribution in [0.15, 0.2) is 0 Å². The highest BCUT2D eigenvalue weighted by molar-refractivity contribution is 9.09. The van der Waals surface area contributed by atoms with Gasteiger partial charge in [-0.25, -0.2) is 21.6 Å². The predicted molar refractivity (Wildman–Crippen MR) is 78.3 cm³/mol. The van der Waals surface area contributed by atoms with Crippen LogP contribution in [0, 0.1) is 5.41 Å². The highest BCUT2D eigenvalue weighted by Crippen LogP contribution is 2.23. The Bertz CT molecular complexity index is 451. The summed E-state index contributed by atoms with van der Waals surface area (Å²) in [6, 6.07) is -0.221. The van der Waals surface area contributed by atoms with Crippen LogP contribution in [-0.4, -0.2) is 46.0 Å². The summed E-state index contributed by atoms with van der Waals surface area (Å²) in [6.07, 6.45) is 1.68. The van der Waals surface area contributed by atoms with E-state index in [0.29, 0.717) is 11.8 Å². The third-order valence-electron chi connectivity index (χ3n) is 2.49. The molecule has 0 radical (unpaired) electrons. The molecule has 18 heavy (non-hydrogen) atoms. The lowest BCUT2D eigenvalue weighted by atomic mass is 9.86. The van der Waals surface area contributed by atoms with Crippen molar-refractivity contribution in [1.29, 1.82) is 0 Å². The molecule has 8 heteroatoms. The van der Waals surface area contributed by atoms with Gasteiger partial charge in [-0.2, -0.15) is 0 Å². The van der Waals surface area contributed by atoms with E-state index in [1.807, 2.05) is 20.8 Å². The molecule has 1 atom stereocenters. The van der Waals surface area contributed by atoms with Gasteiger partial charge in [0, 0.05) is 17.6 Å². The van der Waals surface area contributed by atoms with Crippen LogP contribution in [0.4, 0.5) is 0 Å². The fourth-order valence-electron chi connectivity index (χ4n) is 1.31. The normalized spacial score (nSPS) is 15.6. The molecular weight excluding hydrogens is 342 g/mol. The van der Waals surface area contributed by atoms with Gasteiger partial charge in [0.1, 0.15) is 9.84 Å². The molecule has 0 aromatic carbocycles. The monoisotopic (exact) mass is 363 g/mol. The molecule has 0 aliphatic heterocycles. The van der Waals surface area contributed by atoms with Crippen LogP contribution in [0.1, 0.15) is 27.2 Å². The Labute approximate surface area is 119 Å². The lowest BCUT2D eigenvalue weighted by molar-refractivity contribution is 0.293. The maximum atomic E-state index is 11.8. The van der Waals surface area contributed by atoms with Crippen molar-refractivity contribution in [2.45, 2.75) is 33.2 Å². The van der Waals surface area contributed by atoms with Crippen molar-refractivity contribution in [3.63, 3.8) is 0 Å². The molecule has 0 fully saturated rings. The van der Waals surface area contributed by atoms with Crippen molar-refractivity contribution in [3.05, 3.63) is 0 Å². The molecule has 0 aromatic rings. The van der Waals surface area contributed by atoms with Crippen LogP contribution in [0.3, 0.4) is 0 Å². The van der Waals surface area contributed by atoms with Crippen LogP contribution in [0.25, 0.3) is 0 Å². The van der Waals surface area contributed by atoms with Gasteiger partial charge in [-0.15, -0.1) is 0 Å². The number of nitrogens with one attached hydrogen (secondary N) is 1. The number of sulfonamides is 1. The standard InChI is InChI=1S/C10H22BrNO4S2/c1-10(2,3)9(5-6-11)12-18(15,16)8-7-17(4,13)14/h9,12H,5-8H2,1-4H3. The molecule has 0 bridgehead atoms. The van der Waals surface area contributed by atoms with Gasteiger partial charge in [0.15, 0.2) is 0 Å². The third-order valence-corrected chi connectivity index (χ3v) is 5.54. The largest absolute Gasteiger partial charge is 0.229 e. The summed E-state index contributed by atoms with van der Waals surface area (Å²) in [6.45, 7) is 5.83. The minimum atomic E-state index is -3.57. The SMILES string of the molecule is CC(C)(C)C(CCBr)NS(=O)(=O)CCS(C)(=O)=O. The molecule has 0 spiro atoms. The summed E-state index contributed by atoms with van der Waals surface area (Å²) in [4.78, 5) is 0. The second-order valence-electron chi connectivity index (χ2n) is 5.46. The van der Waals surface area contributed by atoms with Crippen molar-refractivity contribution in [3.8, 4) is 0 Å². The van der Waals surface area contributed by atoms with Crippen LogP contribution in [-0.2, 0) is 19.9 Å². The van der Waals surface area contributed by atoms with E-state index in [1.165, 1.54) is 0 Å². The Balaban J connectivity index is 4.72.